The molecule has 1 aromatic carbocycles. The molecular weight excluding hydrogens is 270 g/mol. The second-order valence-electron chi connectivity index (χ2n) is 4.57. The number of nitrogens with zero attached hydrogens (tertiary/aromatic N) is 1. The van der Waals surface area contributed by atoms with Crippen LogP contribution in [-0.2, 0) is 16.0 Å². The number of phenols is 1. The van der Waals surface area contributed by atoms with Gasteiger partial charge in [-0.05, 0) is 17.7 Å². The molecule has 1 aromatic rings. The highest BCUT2D eigenvalue weighted by molar-refractivity contribution is 6.22. The molecule has 19 heavy (non-hydrogen) atoms. The van der Waals surface area contributed by atoms with Gasteiger partial charge < -0.3 is 15.1 Å². The highest BCUT2D eigenvalue weighted by atomic mass is 35.5. The van der Waals surface area contributed by atoms with Gasteiger partial charge in [-0.1, -0.05) is 12.1 Å². The molecule has 102 valence electrons. The van der Waals surface area contributed by atoms with E-state index < -0.39 is 12.0 Å². The molecule has 5 nitrogen and oxygen atoms in total. The van der Waals surface area contributed by atoms with Crippen molar-refractivity contribution in [2.45, 2.75) is 24.3 Å². The minimum Gasteiger partial charge on any atom is -0.508 e. The lowest BCUT2D eigenvalue weighted by Crippen LogP contribution is -2.43. The van der Waals surface area contributed by atoms with Crippen molar-refractivity contribution in [3.05, 3.63) is 29.8 Å². The van der Waals surface area contributed by atoms with E-state index in [0.29, 0.717) is 0 Å². The first-order chi connectivity index (χ1) is 8.97. The Hall–Kier alpha value is -1.75. The van der Waals surface area contributed by atoms with E-state index in [4.69, 9.17) is 11.6 Å². The number of likely N-dealkylation sites (tertiary alicyclic amines) is 1. The average molecular weight is 284 g/mol. The van der Waals surface area contributed by atoms with Gasteiger partial charge in [0.2, 0.25) is 5.91 Å². The Morgan fingerprint density at radius 2 is 2.05 bits per heavy atom. The van der Waals surface area contributed by atoms with Gasteiger partial charge in [-0.15, -0.1) is 11.6 Å². The number of alkyl halides is 1. The monoisotopic (exact) mass is 283 g/mol. The van der Waals surface area contributed by atoms with E-state index in [1.165, 1.54) is 17.0 Å². The van der Waals surface area contributed by atoms with E-state index in [-0.39, 0.29) is 36.4 Å². The number of carboxylic acids is 1. The summed E-state index contributed by atoms with van der Waals surface area (Å²) in [5.74, 6) is -1.16. The smallest absolute Gasteiger partial charge is 0.326 e. The maximum atomic E-state index is 11.7. The first-order valence-electron chi connectivity index (χ1n) is 5.91. The molecule has 2 N–H and O–H groups in total. The largest absolute Gasteiger partial charge is 0.508 e. The van der Waals surface area contributed by atoms with Crippen LogP contribution in [0.2, 0.25) is 0 Å². The number of carboxylic acid groups (broad SMARTS) is 1. The molecule has 6 heteroatoms. The number of hydrogen-bond donors (Lipinski definition) is 2. The fraction of sp³-hybridized carbons (Fsp3) is 0.385. The van der Waals surface area contributed by atoms with Crippen LogP contribution in [0.15, 0.2) is 24.3 Å². The van der Waals surface area contributed by atoms with Crippen LogP contribution in [0.4, 0.5) is 0 Å². The number of benzene rings is 1. The normalized spacial score (nSPS) is 20.6. The Kier molecular flexibility index (Phi) is 3.95. The molecule has 2 atom stereocenters. The summed E-state index contributed by atoms with van der Waals surface area (Å²) in [6, 6.07) is 5.35. The quantitative estimate of drug-likeness (QED) is 0.815. The van der Waals surface area contributed by atoms with Crippen LogP contribution in [0.5, 0.6) is 5.75 Å². The zero-order valence-corrected chi connectivity index (χ0v) is 10.9. The minimum absolute atomic E-state index is 0.119. The van der Waals surface area contributed by atoms with Crippen molar-refractivity contribution < 1.29 is 19.8 Å². The summed E-state index contributed by atoms with van der Waals surface area (Å²) in [7, 11) is 0. The van der Waals surface area contributed by atoms with Crippen molar-refractivity contribution in [2.75, 3.05) is 6.54 Å². The zero-order chi connectivity index (χ0) is 14.0. The molecule has 1 aliphatic rings. The third-order valence-corrected chi connectivity index (χ3v) is 3.43. The summed E-state index contributed by atoms with van der Waals surface area (Å²) in [6.07, 6.45) is 0.381. The molecule has 0 spiro atoms. The van der Waals surface area contributed by atoms with Crippen molar-refractivity contribution in [1.82, 2.24) is 4.90 Å². The molecule has 1 saturated heterocycles. The molecule has 2 rings (SSSR count). The Morgan fingerprint density at radius 3 is 2.53 bits per heavy atom. The fourth-order valence-corrected chi connectivity index (χ4v) is 2.45. The number of hydrogen-bond acceptors (Lipinski definition) is 3. The Labute approximate surface area is 115 Å². The number of carbonyl (C=O) groups is 2. The molecule has 0 aliphatic carbocycles. The second kappa shape index (κ2) is 5.48. The van der Waals surface area contributed by atoms with E-state index in [0.717, 1.165) is 5.56 Å². The molecule has 0 aromatic heterocycles. The Balaban J connectivity index is 2.15. The summed E-state index contributed by atoms with van der Waals surface area (Å²) >= 11 is 5.89. The number of aliphatic carboxylic acids is 1. The van der Waals surface area contributed by atoms with Crippen LogP contribution in [0.3, 0.4) is 0 Å². The predicted octanol–water partition coefficient (Wildman–Crippen LogP) is 1.23. The number of amides is 1. The van der Waals surface area contributed by atoms with Crippen molar-refractivity contribution in [3.8, 4) is 5.75 Å². The van der Waals surface area contributed by atoms with Gasteiger partial charge in [0, 0.05) is 19.4 Å². The molecule has 0 saturated carbocycles. The van der Waals surface area contributed by atoms with Crippen molar-refractivity contribution in [3.63, 3.8) is 0 Å². The fourth-order valence-electron chi connectivity index (χ4n) is 2.17. The lowest BCUT2D eigenvalue weighted by atomic mass is 10.0. The van der Waals surface area contributed by atoms with Crippen LogP contribution < -0.4 is 0 Å². The topological polar surface area (TPSA) is 77.8 Å². The van der Waals surface area contributed by atoms with E-state index in [9.17, 15) is 19.8 Å². The van der Waals surface area contributed by atoms with Gasteiger partial charge in [0.25, 0.3) is 0 Å². The molecule has 1 amide bonds. The van der Waals surface area contributed by atoms with E-state index >= 15 is 0 Å². The van der Waals surface area contributed by atoms with Crippen molar-refractivity contribution >= 4 is 23.5 Å². The molecular formula is C13H14ClNO4. The third-order valence-electron chi connectivity index (χ3n) is 3.14. The predicted molar refractivity (Wildman–Crippen MR) is 69.2 cm³/mol. The third kappa shape index (κ3) is 3.17. The Bertz CT molecular complexity index is 488. The van der Waals surface area contributed by atoms with Crippen molar-refractivity contribution in [1.29, 1.82) is 0 Å². The highest BCUT2D eigenvalue weighted by Crippen LogP contribution is 2.22. The summed E-state index contributed by atoms with van der Waals surface area (Å²) in [5.41, 5.74) is 0.746. The molecule has 2 unspecified atom stereocenters. The summed E-state index contributed by atoms with van der Waals surface area (Å²) in [5, 5.41) is 18.1. The molecule has 1 aliphatic heterocycles. The van der Waals surface area contributed by atoms with Gasteiger partial charge in [-0.2, -0.15) is 0 Å². The maximum absolute atomic E-state index is 11.7. The minimum atomic E-state index is -1.05. The summed E-state index contributed by atoms with van der Waals surface area (Å²) < 4.78 is 0. The number of rotatable bonds is 4. The van der Waals surface area contributed by atoms with Crippen LogP contribution >= 0.6 is 11.6 Å². The molecule has 0 radical (unpaired) electrons. The van der Waals surface area contributed by atoms with E-state index in [2.05, 4.69) is 0 Å². The summed E-state index contributed by atoms with van der Waals surface area (Å²) in [4.78, 5) is 24.3. The van der Waals surface area contributed by atoms with E-state index in [1.807, 2.05) is 0 Å². The second-order valence-corrected chi connectivity index (χ2v) is 5.19. The van der Waals surface area contributed by atoms with Crippen molar-refractivity contribution in [2.24, 2.45) is 0 Å². The highest BCUT2D eigenvalue weighted by Gasteiger charge is 2.36. The lowest BCUT2D eigenvalue weighted by molar-refractivity contribution is -0.148. The Morgan fingerprint density at radius 1 is 1.42 bits per heavy atom. The van der Waals surface area contributed by atoms with E-state index in [1.54, 1.807) is 12.1 Å². The molecule has 1 heterocycles. The number of carbonyl (C=O) groups excluding carboxylic acids is 1. The number of phenolic OH excluding ortho intramolecular Hbond substituents is 1. The lowest BCUT2D eigenvalue weighted by Gasteiger charge is -2.24. The first kappa shape index (κ1) is 13.7. The average Bonchev–Trinajstić information content (AvgIpc) is 2.67. The van der Waals surface area contributed by atoms with Gasteiger partial charge in [0.15, 0.2) is 0 Å². The zero-order valence-electron chi connectivity index (χ0n) is 10.1. The number of aromatic hydroxyl groups is 1. The van der Waals surface area contributed by atoms with Gasteiger partial charge in [-0.3, -0.25) is 4.79 Å². The molecule has 0 bridgehead atoms. The van der Waals surface area contributed by atoms with Gasteiger partial charge >= 0.3 is 5.97 Å². The van der Waals surface area contributed by atoms with Crippen LogP contribution in [0.25, 0.3) is 0 Å². The maximum Gasteiger partial charge on any atom is 0.326 e. The van der Waals surface area contributed by atoms with Gasteiger partial charge in [0.05, 0.1) is 5.38 Å². The van der Waals surface area contributed by atoms with Gasteiger partial charge in [0.1, 0.15) is 11.8 Å². The van der Waals surface area contributed by atoms with Crippen LogP contribution in [0.1, 0.15) is 12.0 Å². The summed E-state index contributed by atoms with van der Waals surface area (Å²) in [6.45, 7) is 0.259. The standard InChI is InChI=1S/C13H14ClNO4/c14-9-6-12(17)15(7-9)11(13(18)19)5-8-1-3-10(16)4-2-8/h1-4,9,11,16H,5-7H2,(H,18,19). The first-order valence-corrected chi connectivity index (χ1v) is 6.35. The van der Waals surface area contributed by atoms with Crippen LogP contribution in [-0.4, -0.2) is 45.0 Å². The van der Waals surface area contributed by atoms with Gasteiger partial charge in [-0.25, -0.2) is 4.79 Å². The number of halogens is 1. The van der Waals surface area contributed by atoms with Crippen LogP contribution in [0, 0.1) is 0 Å². The SMILES string of the molecule is O=C(O)C(Cc1ccc(O)cc1)N1CC(Cl)CC1=O. The molecule has 1 fully saturated rings.